The van der Waals surface area contributed by atoms with Crippen molar-refractivity contribution in [2.75, 3.05) is 7.11 Å². The molecule has 0 amide bonds. The van der Waals surface area contributed by atoms with Crippen molar-refractivity contribution < 1.29 is 4.74 Å². The number of allylic oxidation sites excluding steroid dienone is 2. The number of aromatic nitrogens is 5. The molecule has 0 atom stereocenters. The number of methoxy groups -OCH3 is 1. The molecule has 0 aliphatic carbocycles. The van der Waals surface area contributed by atoms with Gasteiger partial charge in [-0.05, 0) is 26.0 Å². The first-order chi connectivity index (χ1) is 13.5. The number of benzene rings is 1. The second kappa shape index (κ2) is 6.56. The molecular weight excluding hydrogens is 358 g/mol. The first-order valence-electron chi connectivity index (χ1n) is 8.94. The van der Waals surface area contributed by atoms with Crippen molar-refractivity contribution in [3.63, 3.8) is 0 Å². The van der Waals surface area contributed by atoms with Crippen molar-refractivity contribution in [2.45, 2.75) is 20.4 Å². The van der Waals surface area contributed by atoms with Gasteiger partial charge >= 0.3 is 5.69 Å². The highest BCUT2D eigenvalue weighted by molar-refractivity contribution is 5.76. The fourth-order valence-electron chi connectivity index (χ4n) is 3.49. The van der Waals surface area contributed by atoms with Gasteiger partial charge < -0.3 is 4.74 Å². The van der Waals surface area contributed by atoms with Gasteiger partial charge in [0.25, 0.3) is 5.56 Å². The van der Waals surface area contributed by atoms with E-state index < -0.39 is 5.69 Å². The lowest BCUT2D eigenvalue weighted by Crippen LogP contribution is -2.39. The summed E-state index contributed by atoms with van der Waals surface area (Å²) in [6.45, 7) is 4.01. The lowest BCUT2D eigenvalue weighted by Gasteiger charge is -2.10. The number of hydrogen-bond acceptors (Lipinski definition) is 4. The van der Waals surface area contributed by atoms with Gasteiger partial charge in [-0.2, -0.15) is 4.98 Å². The van der Waals surface area contributed by atoms with E-state index in [-0.39, 0.29) is 12.1 Å². The molecule has 0 bridgehead atoms. The van der Waals surface area contributed by atoms with Gasteiger partial charge in [0.05, 0.1) is 12.8 Å². The fourth-order valence-corrected chi connectivity index (χ4v) is 3.49. The predicted octanol–water partition coefficient (Wildman–Crippen LogP) is 2.03. The number of imidazole rings is 2. The molecule has 3 aromatic heterocycles. The van der Waals surface area contributed by atoms with Crippen molar-refractivity contribution in [2.24, 2.45) is 7.05 Å². The SMILES string of the molecule is CC=CCn1c(=O)c2c(nc3n(-c4ccccc4OC)c(C)cn23)n(C)c1=O. The Morgan fingerprint density at radius 2 is 1.96 bits per heavy atom. The molecule has 0 fully saturated rings. The van der Waals surface area contributed by atoms with Crippen LogP contribution in [0.1, 0.15) is 12.6 Å². The van der Waals surface area contributed by atoms with E-state index in [0.717, 1.165) is 11.4 Å². The maximum Gasteiger partial charge on any atom is 0.332 e. The third kappa shape index (κ3) is 2.41. The second-order valence-corrected chi connectivity index (χ2v) is 6.56. The molecule has 0 radical (unpaired) electrons. The van der Waals surface area contributed by atoms with Crippen LogP contribution in [-0.4, -0.2) is 30.2 Å². The maximum absolute atomic E-state index is 13.1. The molecular formula is C20H21N5O3. The molecule has 4 aromatic rings. The van der Waals surface area contributed by atoms with Gasteiger partial charge in [0.2, 0.25) is 5.78 Å². The topological polar surface area (TPSA) is 75.5 Å². The Morgan fingerprint density at radius 3 is 2.68 bits per heavy atom. The number of fused-ring (bicyclic) bond motifs is 3. The monoisotopic (exact) mass is 379 g/mol. The highest BCUT2D eigenvalue weighted by Crippen LogP contribution is 2.27. The molecule has 0 aliphatic rings. The van der Waals surface area contributed by atoms with Crippen LogP contribution in [0.3, 0.4) is 0 Å². The predicted molar refractivity (Wildman–Crippen MR) is 108 cm³/mol. The van der Waals surface area contributed by atoms with Crippen LogP contribution in [0.2, 0.25) is 0 Å². The van der Waals surface area contributed by atoms with E-state index in [9.17, 15) is 9.59 Å². The molecule has 0 spiro atoms. The lowest BCUT2D eigenvalue weighted by atomic mass is 10.3. The highest BCUT2D eigenvalue weighted by Gasteiger charge is 2.21. The van der Waals surface area contributed by atoms with E-state index in [0.29, 0.717) is 22.7 Å². The Morgan fingerprint density at radius 1 is 1.21 bits per heavy atom. The van der Waals surface area contributed by atoms with Gasteiger partial charge in [0.15, 0.2) is 11.2 Å². The van der Waals surface area contributed by atoms with Gasteiger partial charge in [0, 0.05) is 25.5 Å². The molecule has 3 heterocycles. The van der Waals surface area contributed by atoms with E-state index in [4.69, 9.17) is 4.74 Å². The van der Waals surface area contributed by atoms with Crippen molar-refractivity contribution in [3.05, 3.63) is 69.1 Å². The number of nitrogens with zero attached hydrogens (tertiary/aromatic N) is 5. The largest absolute Gasteiger partial charge is 0.495 e. The number of hydrogen-bond donors (Lipinski definition) is 0. The van der Waals surface area contributed by atoms with Gasteiger partial charge in [-0.3, -0.25) is 22.9 Å². The minimum absolute atomic E-state index is 0.220. The highest BCUT2D eigenvalue weighted by atomic mass is 16.5. The Kier molecular flexibility index (Phi) is 4.18. The Hall–Kier alpha value is -3.55. The zero-order valence-corrected chi connectivity index (χ0v) is 16.2. The number of rotatable bonds is 4. The molecule has 0 N–H and O–H groups in total. The summed E-state index contributed by atoms with van der Waals surface area (Å²) in [5.41, 5.74) is 1.68. The maximum atomic E-state index is 13.1. The smallest absolute Gasteiger partial charge is 0.332 e. The summed E-state index contributed by atoms with van der Waals surface area (Å²) in [6, 6.07) is 7.60. The Balaban J connectivity index is 2.13. The zero-order valence-electron chi connectivity index (χ0n) is 16.2. The molecule has 28 heavy (non-hydrogen) atoms. The molecule has 0 saturated carbocycles. The van der Waals surface area contributed by atoms with E-state index in [2.05, 4.69) is 4.98 Å². The summed E-state index contributed by atoms with van der Waals surface area (Å²) < 4.78 is 11.8. The second-order valence-electron chi connectivity index (χ2n) is 6.56. The summed E-state index contributed by atoms with van der Waals surface area (Å²) in [5, 5.41) is 0. The van der Waals surface area contributed by atoms with Crippen molar-refractivity contribution >= 4 is 16.9 Å². The third-order valence-corrected chi connectivity index (χ3v) is 4.88. The van der Waals surface area contributed by atoms with E-state index in [1.54, 1.807) is 24.6 Å². The van der Waals surface area contributed by atoms with Crippen LogP contribution >= 0.6 is 0 Å². The van der Waals surface area contributed by atoms with Gasteiger partial charge in [-0.1, -0.05) is 24.3 Å². The average Bonchev–Trinajstić information content (AvgIpc) is 3.20. The zero-order chi connectivity index (χ0) is 20.0. The summed E-state index contributed by atoms with van der Waals surface area (Å²) in [6.07, 6.45) is 5.44. The first-order valence-corrected chi connectivity index (χ1v) is 8.94. The molecule has 8 heteroatoms. The van der Waals surface area contributed by atoms with Crippen LogP contribution in [-0.2, 0) is 13.6 Å². The average molecular weight is 379 g/mol. The Labute approximate surface area is 160 Å². The molecule has 0 aliphatic heterocycles. The van der Waals surface area contributed by atoms with Crippen LogP contribution in [0, 0.1) is 6.92 Å². The third-order valence-electron chi connectivity index (χ3n) is 4.88. The normalized spacial score (nSPS) is 11.9. The van der Waals surface area contributed by atoms with Crippen LogP contribution < -0.4 is 16.0 Å². The summed E-state index contributed by atoms with van der Waals surface area (Å²) >= 11 is 0. The van der Waals surface area contributed by atoms with E-state index in [1.807, 2.05) is 55.0 Å². The standard InChI is InChI=1S/C20H21N5O3/c1-5-6-11-23-18(26)16-17(22(3)20(23)27)21-19-24(16)12-13(2)25(19)14-9-7-8-10-15(14)28-4/h5-10,12H,11H2,1-4H3. The van der Waals surface area contributed by atoms with E-state index in [1.165, 1.54) is 9.13 Å². The van der Waals surface area contributed by atoms with Gasteiger partial charge in [-0.25, -0.2) is 4.79 Å². The van der Waals surface area contributed by atoms with Crippen LogP contribution in [0.4, 0.5) is 0 Å². The summed E-state index contributed by atoms with van der Waals surface area (Å²) in [5.74, 6) is 1.24. The van der Waals surface area contributed by atoms with E-state index >= 15 is 0 Å². The van der Waals surface area contributed by atoms with Crippen molar-refractivity contribution in [1.29, 1.82) is 0 Å². The molecule has 4 rings (SSSR count). The molecule has 8 nitrogen and oxygen atoms in total. The summed E-state index contributed by atoms with van der Waals surface area (Å²) in [4.78, 5) is 30.4. The van der Waals surface area contributed by atoms with Crippen LogP contribution in [0.15, 0.2) is 52.2 Å². The minimum atomic E-state index is -0.392. The number of para-hydroxylation sites is 2. The summed E-state index contributed by atoms with van der Waals surface area (Å²) in [7, 11) is 3.24. The van der Waals surface area contributed by atoms with Crippen molar-refractivity contribution in [1.82, 2.24) is 23.1 Å². The molecule has 144 valence electrons. The number of ether oxygens (including phenoxy) is 1. The molecule has 0 saturated heterocycles. The molecule has 0 unspecified atom stereocenters. The lowest BCUT2D eigenvalue weighted by molar-refractivity contribution is 0.413. The fraction of sp³-hybridized carbons (Fsp3) is 0.250. The van der Waals surface area contributed by atoms with Gasteiger partial charge in [-0.15, -0.1) is 0 Å². The quantitative estimate of drug-likeness (QED) is 0.509. The minimum Gasteiger partial charge on any atom is -0.495 e. The van der Waals surface area contributed by atoms with Gasteiger partial charge in [0.1, 0.15) is 5.75 Å². The van der Waals surface area contributed by atoms with Crippen LogP contribution in [0.5, 0.6) is 5.75 Å². The first kappa shape index (κ1) is 17.8. The molecule has 1 aromatic carbocycles. The number of aryl methyl sites for hydroxylation is 2. The van der Waals surface area contributed by atoms with Crippen LogP contribution in [0.25, 0.3) is 22.6 Å². The Bertz CT molecular complexity index is 1350. The van der Waals surface area contributed by atoms with Crippen molar-refractivity contribution in [3.8, 4) is 11.4 Å².